The highest BCUT2D eigenvalue weighted by Gasteiger charge is 2.20. The summed E-state index contributed by atoms with van der Waals surface area (Å²) in [5.74, 6) is -0.675. The standard InChI is InChI=1S/C12H9Br2FN2O2S/c13-8-2-1-3-9(14)12(8)17-20(18,19)11-6-7(15)4-5-10(11)16/h1-6,17H,16H2. The molecular weight excluding hydrogens is 415 g/mol. The lowest BCUT2D eigenvalue weighted by atomic mass is 10.3. The van der Waals surface area contributed by atoms with E-state index < -0.39 is 15.8 Å². The van der Waals surface area contributed by atoms with E-state index in [0.29, 0.717) is 14.6 Å². The molecule has 2 rings (SSSR count). The van der Waals surface area contributed by atoms with Crippen molar-refractivity contribution in [1.29, 1.82) is 0 Å². The number of hydrogen-bond acceptors (Lipinski definition) is 3. The van der Waals surface area contributed by atoms with Gasteiger partial charge in [-0.3, -0.25) is 4.72 Å². The molecule has 0 amide bonds. The summed E-state index contributed by atoms with van der Waals surface area (Å²) in [5, 5.41) is 0. The van der Waals surface area contributed by atoms with Crippen molar-refractivity contribution in [3.8, 4) is 0 Å². The van der Waals surface area contributed by atoms with Crippen LogP contribution in [0, 0.1) is 5.82 Å². The fraction of sp³-hybridized carbons (Fsp3) is 0. The van der Waals surface area contributed by atoms with Crippen LogP contribution in [0.3, 0.4) is 0 Å². The molecule has 20 heavy (non-hydrogen) atoms. The minimum absolute atomic E-state index is 0.0259. The van der Waals surface area contributed by atoms with Gasteiger partial charge in [-0.2, -0.15) is 0 Å². The first-order valence-corrected chi connectivity index (χ1v) is 8.40. The molecule has 0 bridgehead atoms. The fourth-order valence-electron chi connectivity index (χ4n) is 1.53. The molecule has 0 fully saturated rings. The van der Waals surface area contributed by atoms with Crippen molar-refractivity contribution in [3.05, 3.63) is 51.2 Å². The summed E-state index contributed by atoms with van der Waals surface area (Å²) >= 11 is 6.49. The molecule has 0 saturated carbocycles. The van der Waals surface area contributed by atoms with Crippen molar-refractivity contribution >= 4 is 53.3 Å². The van der Waals surface area contributed by atoms with Crippen LogP contribution in [0.2, 0.25) is 0 Å². The van der Waals surface area contributed by atoms with E-state index in [0.717, 1.165) is 12.1 Å². The van der Waals surface area contributed by atoms with Gasteiger partial charge in [0.05, 0.1) is 11.4 Å². The summed E-state index contributed by atoms with van der Waals surface area (Å²) in [6, 6.07) is 8.28. The molecule has 0 aromatic heterocycles. The molecule has 0 atom stereocenters. The zero-order valence-corrected chi connectivity index (χ0v) is 13.9. The number of para-hydroxylation sites is 1. The Morgan fingerprint density at radius 3 is 2.30 bits per heavy atom. The van der Waals surface area contributed by atoms with Gasteiger partial charge in [0.15, 0.2) is 0 Å². The maximum absolute atomic E-state index is 13.2. The van der Waals surface area contributed by atoms with Crippen LogP contribution in [0.4, 0.5) is 15.8 Å². The van der Waals surface area contributed by atoms with E-state index in [1.807, 2.05) is 0 Å². The number of hydrogen-bond donors (Lipinski definition) is 2. The minimum atomic E-state index is -3.99. The number of nitrogen functional groups attached to an aromatic ring is 1. The average Bonchev–Trinajstić information content (AvgIpc) is 2.37. The first-order valence-electron chi connectivity index (χ1n) is 5.33. The number of nitrogens with one attached hydrogen (secondary N) is 1. The van der Waals surface area contributed by atoms with Crippen LogP contribution in [0.25, 0.3) is 0 Å². The third-order valence-electron chi connectivity index (χ3n) is 2.46. The normalized spacial score (nSPS) is 11.3. The highest BCUT2D eigenvalue weighted by atomic mass is 79.9. The van der Waals surface area contributed by atoms with Crippen LogP contribution in [-0.4, -0.2) is 8.42 Å². The first-order chi connectivity index (χ1) is 9.31. The zero-order chi connectivity index (χ0) is 14.9. The number of anilines is 2. The molecule has 0 radical (unpaired) electrons. The van der Waals surface area contributed by atoms with E-state index in [1.165, 1.54) is 6.07 Å². The van der Waals surface area contributed by atoms with E-state index in [-0.39, 0.29) is 10.6 Å². The van der Waals surface area contributed by atoms with Crippen molar-refractivity contribution in [2.75, 3.05) is 10.5 Å². The van der Waals surface area contributed by atoms with Crippen molar-refractivity contribution in [1.82, 2.24) is 0 Å². The minimum Gasteiger partial charge on any atom is -0.398 e. The lowest BCUT2D eigenvalue weighted by Gasteiger charge is -2.13. The van der Waals surface area contributed by atoms with Crippen LogP contribution < -0.4 is 10.5 Å². The predicted octanol–water partition coefficient (Wildman–Crippen LogP) is 3.73. The van der Waals surface area contributed by atoms with Crippen molar-refractivity contribution in [2.24, 2.45) is 0 Å². The third kappa shape index (κ3) is 3.13. The second-order valence-electron chi connectivity index (χ2n) is 3.88. The predicted molar refractivity (Wildman–Crippen MR) is 83.5 cm³/mol. The quantitative estimate of drug-likeness (QED) is 0.738. The van der Waals surface area contributed by atoms with E-state index in [1.54, 1.807) is 18.2 Å². The molecule has 3 N–H and O–H groups in total. The maximum atomic E-state index is 13.2. The molecule has 4 nitrogen and oxygen atoms in total. The molecule has 0 saturated heterocycles. The molecule has 2 aromatic rings. The number of rotatable bonds is 3. The van der Waals surface area contributed by atoms with Gasteiger partial charge in [-0.25, -0.2) is 12.8 Å². The molecule has 0 heterocycles. The Kier molecular flexibility index (Phi) is 4.36. The largest absolute Gasteiger partial charge is 0.398 e. The molecule has 0 unspecified atom stereocenters. The molecule has 8 heteroatoms. The highest BCUT2D eigenvalue weighted by Crippen LogP contribution is 2.33. The van der Waals surface area contributed by atoms with Crippen LogP contribution in [0.5, 0.6) is 0 Å². The van der Waals surface area contributed by atoms with Crippen LogP contribution in [0.1, 0.15) is 0 Å². The van der Waals surface area contributed by atoms with Crippen molar-refractivity contribution in [3.63, 3.8) is 0 Å². The Bertz CT molecular complexity index is 746. The van der Waals surface area contributed by atoms with E-state index >= 15 is 0 Å². The Hall–Kier alpha value is -1.12. The van der Waals surface area contributed by atoms with E-state index in [4.69, 9.17) is 5.73 Å². The average molecular weight is 424 g/mol. The molecule has 0 aliphatic rings. The summed E-state index contributed by atoms with van der Waals surface area (Å²) < 4.78 is 41.2. The first kappa shape index (κ1) is 15.3. The van der Waals surface area contributed by atoms with E-state index in [9.17, 15) is 12.8 Å². The Labute approximate surface area is 132 Å². The van der Waals surface area contributed by atoms with Crippen LogP contribution in [0.15, 0.2) is 50.2 Å². The van der Waals surface area contributed by atoms with Gasteiger partial charge in [-0.15, -0.1) is 0 Å². The van der Waals surface area contributed by atoms with Gasteiger partial charge in [0.1, 0.15) is 10.7 Å². The fourth-order valence-corrected chi connectivity index (χ4v) is 4.23. The summed E-state index contributed by atoms with van der Waals surface area (Å²) in [5.41, 5.74) is 5.89. The molecule has 2 aromatic carbocycles. The monoisotopic (exact) mass is 422 g/mol. The smallest absolute Gasteiger partial charge is 0.264 e. The van der Waals surface area contributed by atoms with Crippen molar-refractivity contribution in [2.45, 2.75) is 4.90 Å². The molecule has 106 valence electrons. The number of nitrogens with two attached hydrogens (primary N) is 1. The van der Waals surface area contributed by atoms with Crippen LogP contribution >= 0.6 is 31.9 Å². The van der Waals surface area contributed by atoms with Gasteiger partial charge in [0.2, 0.25) is 0 Å². The highest BCUT2D eigenvalue weighted by molar-refractivity contribution is 9.11. The molecule has 0 spiro atoms. The van der Waals surface area contributed by atoms with Gasteiger partial charge < -0.3 is 5.73 Å². The lowest BCUT2D eigenvalue weighted by molar-refractivity contribution is 0.596. The Balaban J connectivity index is 2.49. The van der Waals surface area contributed by atoms with Gasteiger partial charge in [0, 0.05) is 8.95 Å². The lowest BCUT2D eigenvalue weighted by Crippen LogP contribution is -2.15. The van der Waals surface area contributed by atoms with Crippen molar-refractivity contribution < 1.29 is 12.8 Å². The summed E-state index contributed by atoms with van der Waals surface area (Å²) in [4.78, 5) is -0.305. The van der Waals surface area contributed by atoms with Crippen LogP contribution in [-0.2, 0) is 10.0 Å². The number of halogens is 3. The number of benzene rings is 2. The zero-order valence-electron chi connectivity index (χ0n) is 9.90. The Morgan fingerprint density at radius 1 is 1.10 bits per heavy atom. The Morgan fingerprint density at radius 2 is 1.70 bits per heavy atom. The van der Waals surface area contributed by atoms with E-state index in [2.05, 4.69) is 36.6 Å². The summed E-state index contributed by atoms with van der Waals surface area (Å²) in [6.45, 7) is 0. The second-order valence-corrected chi connectivity index (χ2v) is 7.24. The topological polar surface area (TPSA) is 72.2 Å². The molecule has 0 aliphatic heterocycles. The van der Waals surface area contributed by atoms with Gasteiger partial charge in [-0.1, -0.05) is 6.07 Å². The maximum Gasteiger partial charge on any atom is 0.264 e. The van der Waals surface area contributed by atoms with Gasteiger partial charge >= 0.3 is 0 Å². The summed E-state index contributed by atoms with van der Waals surface area (Å²) in [6.07, 6.45) is 0. The van der Waals surface area contributed by atoms with Gasteiger partial charge in [-0.05, 0) is 62.2 Å². The molecular formula is C12H9Br2FN2O2S. The number of sulfonamides is 1. The summed E-state index contributed by atoms with van der Waals surface area (Å²) in [7, 11) is -3.99. The third-order valence-corrected chi connectivity index (χ3v) is 5.19. The SMILES string of the molecule is Nc1ccc(F)cc1S(=O)(=O)Nc1c(Br)cccc1Br. The van der Waals surface area contributed by atoms with Gasteiger partial charge in [0.25, 0.3) is 10.0 Å². The second kappa shape index (κ2) is 5.71. The molecule has 0 aliphatic carbocycles.